The van der Waals surface area contributed by atoms with Crippen molar-refractivity contribution >= 4 is 30.7 Å². The van der Waals surface area contributed by atoms with Gasteiger partial charge >= 0.3 is 0 Å². The smallest absolute Gasteiger partial charge is 0.192 e. The zero-order valence-electron chi connectivity index (χ0n) is 30.8. The van der Waals surface area contributed by atoms with Crippen LogP contribution in [0.25, 0.3) is 0 Å². The van der Waals surface area contributed by atoms with E-state index in [0.717, 1.165) is 44.3 Å². The Balaban J connectivity index is 2.26. The van der Waals surface area contributed by atoms with Crippen molar-refractivity contribution < 1.29 is 18.1 Å². The van der Waals surface area contributed by atoms with Crippen LogP contribution in [0.2, 0.25) is 55.9 Å². The van der Waals surface area contributed by atoms with Crippen LogP contribution in [-0.2, 0) is 18.1 Å². The van der Waals surface area contributed by atoms with E-state index in [-0.39, 0.29) is 38.8 Å². The van der Waals surface area contributed by atoms with E-state index >= 15 is 0 Å². The summed E-state index contributed by atoms with van der Waals surface area (Å²) < 4.78 is 22.3. The van der Waals surface area contributed by atoms with E-state index in [4.69, 9.17) is 13.3 Å². The van der Waals surface area contributed by atoms with Crippen molar-refractivity contribution in [3.05, 3.63) is 11.1 Å². The fraction of sp³-hybridized carbons (Fsp3) is 0.914. The molecule has 3 aliphatic rings. The van der Waals surface area contributed by atoms with E-state index in [0.29, 0.717) is 12.2 Å². The molecule has 0 radical (unpaired) electrons. The van der Waals surface area contributed by atoms with Crippen molar-refractivity contribution in [3.63, 3.8) is 0 Å². The first-order valence-electron chi connectivity index (χ1n) is 16.9. The van der Waals surface area contributed by atoms with Gasteiger partial charge in [-0.15, -0.1) is 0 Å². The third-order valence-electron chi connectivity index (χ3n) is 12.3. The molecule has 0 unspecified atom stereocenters. The number of allylic oxidation sites excluding steroid dienone is 2. The summed E-state index contributed by atoms with van der Waals surface area (Å²) >= 11 is 0. The first-order valence-corrected chi connectivity index (χ1v) is 26.1. The second-order valence-electron chi connectivity index (χ2n) is 19.1. The average Bonchev–Trinajstić information content (AvgIpc) is 2.96. The minimum atomic E-state index is -2.04. The summed E-state index contributed by atoms with van der Waals surface area (Å²) in [6.45, 7) is 40.8. The molecule has 7 heteroatoms. The fourth-order valence-electron chi connectivity index (χ4n) is 7.90. The Labute approximate surface area is 263 Å². The Kier molecular flexibility index (Phi) is 9.82. The van der Waals surface area contributed by atoms with Crippen LogP contribution in [0.4, 0.5) is 0 Å². The molecule has 5 atom stereocenters. The van der Waals surface area contributed by atoms with Gasteiger partial charge in [0.15, 0.2) is 30.7 Å². The van der Waals surface area contributed by atoms with Crippen molar-refractivity contribution in [2.45, 2.75) is 175 Å². The van der Waals surface area contributed by atoms with E-state index in [1.54, 1.807) is 0 Å². The molecule has 244 valence electrons. The maximum Gasteiger partial charge on any atom is 0.192 e. The van der Waals surface area contributed by atoms with Gasteiger partial charge in [0.05, 0.1) is 11.7 Å². The molecule has 0 saturated heterocycles. The normalized spacial score (nSPS) is 33.6. The van der Waals surface area contributed by atoms with Crippen molar-refractivity contribution in [2.75, 3.05) is 6.61 Å². The van der Waals surface area contributed by atoms with Gasteiger partial charge in [-0.3, -0.25) is 4.79 Å². The van der Waals surface area contributed by atoms with Crippen LogP contribution in [0.3, 0.4) is 0 Å². The van der Waals surface area contributed by atoms with E-state index < -0.39 is 30.6 Å². The molecule has 2 saturated carbocycles. The number of fused-ring (bicyclic) bond motifs is 2. The number of rotatable bonds is 8. The molecular weight excluding hydrogens is 569 g/mol. The molecule has 0 aromatic heterocycles. The van der Waals surface area contributed by atoms with Gasteiger partial charge in [0.25, 0.3) is 0 Å². The summed E-state index contributed by atoms with van der Waals surface area (Å²) in [6.07, 6.45) is 5.72. The lowest BCUT2D eigenvalue weighted by molar-refractivity contribution is -0.197. The van der Waals surface area contributed by atoms with Gasteiger partial charge in [-0.25, -0.2) is 0 Å². The van der Waals surface area contributed by atoms with E-state index in [9.17, 15) is 4.79 Å². The molecule has 0 aliphatic heterocycles. The average molecular weight is 637 g/mol. The van der Waals surface area contributed by atoms with Crippen LogP contribution < -0.4 is 0 Å². The summed E-state index contributed by atoms with van der Waals surface area (Å²) in [5, 5.41) is 0.294. The van der Waals surface area contributed by atoms with Gasteiger partial charge in [0.1, 0.15) is 0 Å². The number of hydrogen-bond donors (Lipinski definition) is 0. The summed E-state index contributed by atoms with van der Waals surface area (Å²) in [7, 11) is -6.04. The highest BCUT2D eigenvalue weighted by molar-refractivity contribution is 6.74. The third-order valence-corrected chi connectivity index (χ3v) is 22.3. The first-order chi connectivity index (χ1) is 18.6. The monoisotopic (exact) mass is 636 g/mol. The number of carbonyl (C=O) groups excluding carboxylic acids is 1. The van der Waals surface area contributed by atoms with Crippen LogP contribution in [0.5, 0.6) is 0 Å². The van der Waals surface area contributed by atoms with Crippen molar-refractivity contribution in [2.24, 2.45) is 22.7 Å². The highest BCUT2D eigenvalue weighted by Gasteiger charge is 2.66. The van der Waals surface area contributed by atoms with Crippen LogP contribution in [0.15, 0.2) is 11.1 Å². The zero-order valence-corrected chi connectivity index (χ0v) is 33.8. The molecule has 0 heterocycles. The highest BCUT2D eigenvalue weighted by Crippen LogP contribution is 2.65. The molecule has 0 spiro atoms. The predicted molar refractivity (Wildman–Crippen MR) is 187 cm³/mol. The number of ketones is 1. The molecule has 42 heavy (non-hydrogen) atoms. The number of Topliss-reactive ketones (excluding diaryl/α,β-unsaturated/α-hetero) is 1. The van der Waals surface area contributed by atoms with Crippen molar-refractivity contribution in [1.82, 2.24) is 0 Å². The predicted octanol–water partition coefficient (Wildman–Crippen LogP) is 10.5. The lowest BCUT2D eigenvalue weighted by Crippen LogP contribution is -2.68. The van der Waals surface area contributed by atoms with Gasteiger partial charge in [0.2, 0.25) is 0 Å². The maximum atomic E-state index is 13.6. The lowest BCUT2D eigenvalue weighted by Gasteiger charge is -2.63. The quantitative estimate of drug-likeness (QED) is 0.249. The van der Waals surface area contributed by atoms with Gasteiger partial charge in [0, 0.05) is 24.4 Å². The van der Waals surface area contributed by atoms with Gasteiger partial charge < -0.3 is 13.3 Å². The van der Waals surface area contributed by atoms with Gasteiger partial charge in [-0.05, 0) is 105 Å². The molecule has 2 fully saturated rings. The molecule has 0 bridgehead atoms. The number of carbonyl (C=O) groups is 1. The van der Waals surface area contributed by atoms with E-state index in [1.807, 2.05) is 0 Å². The third kappa shape index (κ3) is 6.58. The number of hydrogen-bond acceptors (Lipinski definition) is 4. The molecule has 3 aliphatic carbocycles. The second kappa shape index (κ2) is 11.3. The Morgan fingerprint density at radius 1 is 0.881 bits per heavy atom. The summed E-state index contributed by atoms with van der Waals surface area (Å²) in [5.41, 5.74) is 1.77. The molecule has 4 nitrogen and oxygen atoms in total. The molecule has 0 amide bonds. The molecular formula is C35H68O4Si3. The van der Waals surface area contributed by atoms with Gasteiger partial charge in [-0.1, -0.05) is 74.8 Å². The van der Waals surface area contributed by atoms with Crippen LogP contribution in [0, 0.1) is 22.7 Å². The minimum Gasteiger partial charge on any atom is -0.416 e. The van der Waals surface area contributed by atoms with E-state index in [1.165, 1.54) is 5.57 Å². The highest BCUT2D eigenvalue weighted by atomic mass is 28.4. The van der Waals surface area contributed by atoms with Crippen LogP contribution in [-0.4, -0.2) is 49.0 Å². The van der Waals surface area contributed by atoms with Gasteiger partial charge in [-0.2, -0.15) is 0 Å². The topological polar surface area (TPSA) is 44.8 Å². The fourth-order valence-corrected chi connectivity index (χ4v) is 12.0. The van der Waals surface area contributed by atoms with Crippen molar-refractivity contribution in [1.29, 1.82) is 0 Å². The second-order valence-corrected chi connectivity index (χ2v) is 33.1. The Hall–Kier alpha value is -0.0594. The van der Waals surface area contributed by atoms with Crippen LogP contribution >= 0.6 is 0 Å². The largest absolute Gasteiger partial charge is 0.416 e. The van der Waals surface area contributed by atoms with E-state index in [2.05, 4.69) is 115 Å². The van der Waals surface area contributed by atoms with Crippen molar-refractivity contribution in [3.8, 4) is 0 Å². The molecule has 3 rings (SSSR count). The SMILES string of the molecule is CC(C)C1=C2CC[C@]3(C)[C@H](O[Si](C)(C)C(C)(C)C)CC[C@H](CO[Si](C)(C)C(C)(C)C)[C@@]3(O[Si](C)(C)C)C[C@@]2(C)CC1=O. The Bertz CT molecular complexity index is 1060. The summed E-state index contributed by atoms with van der Waals surface area (Å²) in [5.74, 6) is 0.901. The Morgan fingerprint density at radius 2 is 1.43 bits per heavy atom. The maximum absolute atomic E-state index is 13.6. The zero-order chi connectivity index (χ0) is 32.5. The molecule has 0 aromatic rings. The summed E-state index contributed by atoms with van der Waals surface area (Å²) in [6, 6.07) is 0. The lowest BCUT2D eigenvalue weighted by atomic mass is 9.54. The van der Waals surface area contributed by atoms with Crippen LogP contribution in [0.1, 0.15) is 108 Å². The Morgan fingerprint density at radius 3 is 1.90 bits per heavy atom. The first kappa shape index (κ1) is 36.4. The minimum absolute atomic E-state index is 0.139. The standard InChI is InChI=1S/C35H68O4Si3/c1-25(2)30-27-20-21-34(10)29(38-42(16,17)32(6,7)8)19-18-26(23-37-41(14,15)31(3,4)5)35(34,39-40(11,12)13)24-33(27,9)22-28(30)36/h25-26,29H,18-24H2,1-17H3/t26-,29-,33-,34-,35+/m1/s1. The summed E-state index contributed by atoms with van der Waals surface area (Å²) in [4.78, 5) is 13.6. The molecule has 0 aromatic carbocycles. The molecule has 0 N–H and O–H groups in total.